The number of hydrogen-bond acceptors (Lipinski definition) is 2. The lowest BCUT2D eigenvalue weighted by Crippen LogP contribution is -2.50. The van der Waals surface area contributed by atoms with E-state index in [1.165, 1.54) is 0 Å². The van der Waals surface area contributed by atoms with E-state index in [0.717, 1.165) is 3.57 Å². The quantitative estimate of drug-likeness (QED) is 0.667. The van der Waals surface area contributed by atoms with Crippen molar-refractivity contribution in [2.45, 2.75) is 26.8 Å². The van der Waals surface area contributed by atoms with Gasteiger partial charge in [-0.2, -0.15) is 0 Å². The third kappa shape index (κ3) is 4.82. The van der Waals surface area contributed by atoms with Gasteiger partial charge in [-0.1, -0.05) is 32.4 Å². The second-order valence-corrected chi connectivity index (χ2v) is 6.96. The minimum absolute atomic E-state index is 0.562. The van der Waals surface area contributed by atoms with Crippen molar-refractivity contribution < 1.29 is 14.7 Å². The number of benzene rings is 1. The number of carbonyl (C=O) groups excluding carboxylic acids is 1. The maximum Gasteiger partial charge on any atom is 0.326 e. The summed E-state index contributed by atoms with van der Waals surface area (Å²) in [5, 5.41) is 14.8. The summed E-state index contributed by atoms with van der Waals surface area (Å²) in [6.45, 7) is 5.24. The second kappa shape index (κ2) is 6.62. The molecule has 0 aliphatic carbocycles. The number of hydrogen-bond donors (Lipinski definition) is 3. The smallest absolute Gasteiger partial charge is 0.326 e. The van der Waals surface area contributed by atoms with Crippen LogP contribution >= 0.6 is 34.2 Å². The monoisotopic (exact) mass is 410 g/mol. The molecule has 3 N–H and O–H groups in total. The zero-order chi connectivity index (χ0) is 15.5. The summed E-state index contributed by atoms with van der Waals surface area (Å²) in [5.41, 5.74) is -0.0124. The molecule has 0 spiro atoms. The molecule has 7 heteroatoms. The molecule has 0 radical (unpaired) electrons. The molecule has 0 aromatic heterocycles. The van der Waals surface area contributed by atoms with Gasteiger partial charge in [0.05, 0.1) is 5.69 Å². The van der Waals surface area contributed by atoms with Crippen molar-refractivity contribution in [1.82, 2.24) is 5.32 Å². The van der Waals surface area contributed by atoms with E-state index < -0.39 is 23.5 Å². The highest BCUT2D eigenvalue weighted by molar-refractivity contribution is 14.1. The van der Waals surface area contributed by atoms with Crippen molar-refractivity contribution in [3.05, 3.63) is 26.8 Å². The summed E-state index contributed by atoms with van der Waals surface area (Å²) in [4.78, 5) is 23.1. The van der Waals surface area contributed by atoms with Crippen molar-refractivity contribution in [3.63, 3.8) is 0 Å². The summed E-state index contributed by atoms with van der Waals surface area (Å²) in [6.07, 6.45) is 0. The summed E-state index contributed by atoms with van der Waals surface area (Å²) in [6, 6.07) is 3.48. The molecule has 110 valence electrons. The summed E-state index contributed by atoms with van der Waals surface area (Å²) < 4.78 is 0.771. The van der Waals surface area contributed by atoms with E-state index in [0.29, 0.717) is 10.7 Å². The van der Waals surface area contributed by atoms with Gasteiger partial charge in [0, 0.05) is 8.59 Å². The predicted molar refractivity (Wildman–Crippen MR) is 87.2 cm³/mol. The minimum atomic E-state index is -1.07. The van der Waals surface area contributed by atoms with Gasteiger partial charge < -0.3 is 15.7 Å². The number of rotatable bonds is 3. The van der Waals surface area contributed by atoms with Crippen LogP contribution in [0.15, 0.2) is 18.2 Å². The number of amides is 2. The van der Waals surface area contributed by atoms with Gasteiger partial charge in [-0.25, -0.2) is 9.59 Å². The molecule has 1 atom stereocenters. The first kappa shape index (κ1) is 17.0. The van der Waals surface area contributed by atoms with E-state index in [9.17, 15) is 9.59 Å². The molecular weight excluding hydrogens is 395 g/mol. The van der Waals surface area contributed by atoms with Crippen LogP contribution in [0.2, 0.25) is 5.02 Å². The highest BCUT2D eigenvalue weighted by atomic mass is 127. The van der Waals surface area contributed by atoms with Crippen LogP contribution in [-0.4, -0.2) is 23.1 Å². The minimum Gasteiger partial charge on any atom is -0.480 e. The number of nitrogens with one attached hydrogen (secondary N) is 2. The zero-order valence-electron chi connectivity index (χ0n) is 11.3. The number of halogens is 2. The fourth-order valence-corrected chi connectivity index (χ4v) is 2.54. The molecule has 0 saturated heterocycles. The molecule has 0 bridgehead atoms. The Hall–Kier alpha value is -1.02. The fraction of sp³-hybridized carbons (Fsp3) is 0.385. The largest absolute Gasteiger partial charge is 0.480 e. The standard InChI is InChI=1S/C13H16ClIN2O3/c1-13(2,3)10(11(18)19)17-12(20)16-9-5-4-7(14)6-8(9)15/h4-6,10H,1-3H3,(H,18,19)(H2,16,17,20)/t10-/m1/s1. The molecule has 1 aromatic rings. The lowest BCUT2D eigenvalue weighted by molar-refractivity contribution is -0.141. The molecule has 5 nitrogen and oxygen atoms in total. The van der Waals surface area contributed by atoms with Gasteiger partial charge in [0.1, 0.15) is 6.04 Å². The van der Waals surface area contributed by atoms with Crippen molar-refractivity contribution in [2.24, 2.45) is 5.41 Å². The Morgan fingerprint density at radius 2 is 1.95 bits per heavy atom. The SMILES string of the molecule is CC(C)(C)[C@H](NC(=O)Nc1ccc(Cl)cc1I)C(=O)O. The number of aliphatic carboxylic acids is 1. The average molecular weight is 411 g/mol. The highest BCUT2D eigenvalue weighted by Crippen LogP contribution is 2.23. The third-order valence-electron chi connectivity index (χ3n) is 2.57. The summed E-state index contributed by atoms with van der Waals surface area (Å²) in [5.74, 6) is -1.07. The maximum absolute atomic E-state index is 11.9. The lowest BCUT2D eigenvalue weighted by atomic mass is 9.87. The van der Waals surface area contributed by atoms with E-state index >= 15 is 0 Å². The van der Waals surface area contributed by atoms with Gasteiger partial charge >= 0.3 is 12.0 Å². The van der Waals surface area contributed by atoms with Crippen molar-refractivity contribution in [2.75, 3.05) is 5.32 Å². The van der Waals surface area contributed by atoms with E-state index in [4.69, 9.17) is 16.7 Å². The molecular formula is C13H16ClIN2O3. The molecule has 0 unspecified atom stereocenters. The first-order valence-corrected chi connectivity index (χ1v) is 7.32. The summed E-state index contributed by atoms with van der Waals surface area (Å²) in [7, 11) is 0. The number of anilines is 1. The molecule has 0 saturated carbocycles. The second-order valence-electron chi connectivity index (χ2n) is 5.36. The third-order valence-corrected chi connectivity index (χ3v) is 3.70. The van der Waals surface area contributed by atoms with Gasteiger partial charge in [-0.15, -0.1) is 0 Å². The van der Waals surface area contributed by atoms with Gasteiger partial charge in [0.2, 0.25) is 0 Å². The van der Waals surface area contributed by atoms with E-state index in [-0.39, 0.29) is 0 Å². The topological polar surface area (TPSA) is 78.4 Å². The van der Waals surface area contributed by atoms with E-state index in [1.54, 1.807) is 39.0 Å². The van der Waals surface area contributed by atoms with Gasteiger partial charge in [-0.05, 0) is 46.2 Å². The molecule has 2 amide bonds. The van der Waals surface area contributed by atoms with Crippen molar-refractivity contribution in [1.29, 1.82) is 0 Å². The Morgan fingerprint density at radius 3 is 2.40 bits per heavy atom. The molecule has 1 rings (SSSR count). The fourth-order valence-electron chi connectivity index (χ4n) is 1.53. The normalized spacial score (nSPS) is 12.7. The van der Waals surface area contributed by atoms with Crippen LogP contribution in [0.25, 0.3) is 0 Å². The average Bonchev–Trinajstić information content (AvgIpc) is 2.28. The van der Waals surface area contributed by atoms with Crippen LogP contribution in [-0.2, 0) is 4.79 Å². The Balaban J connectivity index is 2.79. The molecule has 20 heavy (non-hydrogen) atoms. The molecule has 0 heterocycles. The van der Waals surface area contributed by atoms with Crippen LogP contribution in [0, 0.1) is 8.99 Å². The lowest BCUT2D eigenvalue weighted by Gasteiger charge is -2.27. The van der Waals surface area contributed by atoms with E-state index in [1.807, 2.05) is 22.6 Å². The molecule has 0 aliphatic heterocycles. The number of urea groups is 1. The van der Waals surface area contributed by atoms with Crippen LogP contribution in [0.5, 0.6) is 0 Å². The number of carbonyl (C=O) groups is 2. The summed E-state index contributed by atoms with van der Waals surface area (Å²) >= 11 is 7.87. The van der Waals surface area contributed by atoms with Crippen LogP contribution in [0.1, 0.15) is 20.8 Å². The van der Waals surface area contributed by atoms with Gasteiger partial charge in [-0.3, -0.25) is 0 Å². The Morgan fingerprint density at radius 1 is 1.35 bits per heavy atom. The Bertz CT molecular complexity index is 529. The van der Waals surface area contributed by atoms with Gasteiger partial charge in [0.15, 0.2) is 0 Å². The first-order valence-electron chi connectivity index (χ1n) is 5.86. The van der Waals surface area contributed by atoms with Crippen LogP contribution in [0.4, 0.5) is 10.5 Å². The van der Waals surface area contributed by atoms with Crippen LogP contribution < -0.4 is 10.6 Å². The molecule has 1 aromatic carbocycles. The highest BCUT2D eigenvalue weighted by Gasteiger charge is 2.32. The first-order chi connectivity index (χ1) is 9.11. The number of carboxylic acids is 1. The maximum atomic E-state index is 11.9. The molecule has 0 fully saturated rings. The predicted octanol–water partition coefficient (Wildman–Crippen LogP) is 3.57. The van der Waals surface area contributed by atoms with Crippen LogP contribution in [0.3, 0.4) is 0 Å². The van der Waals surface area contributed by atoms with E-state index in [2.05, 4.69) is 10.6 Å². The van der Waals surface area contributed by atoms with Gasteiger partial charge in [0.25, 0.3) is 0 Å². The number of carboxylic acid groups (broad SMARTS) is 1. The molecule has 0 aliphatic rings. The van der Waals surface area contributed by atoms with Crippen molar-refractivity contribution >= 4 is 51.9 Å². The van der Waals surface area contributed by atoms with Crippen molar-refractivity contribution in [3.8, 4) is 0 Å². The zero-order valence-corrected chi connectivity index (χ0v) is 14.2. The Kier molecular flexibility index (Phi) is 5.64. The Labute approximate surface area is 136 Å².